The molecule has 4 aromatic heterocycles. The van der Waals surface area contributed by atoms with E-state index in [1.165, 1.54) is 6.20 Å². The summed E-state index contributed by atoms with van der Waals surface area (Å²) in [5.41, 5.74) is 3.50. The molecule has 7 nitrogen and oxygen atoms in total. The van der Waals surface area contributed by atoms with E-state index in [1.807, 2.05) is 12.1 Å². The Kier molecular flexibility index (Phi) is 4.72. The molecule has 0 spiro atoms. The summed E-state index contributed by atoms with van der Waals surface area (Å²) in [5, 5.41) is 13.5. The topological polar surface area (TPSA) is 96.1 Å². The van der Waals surface area contributed by atoms with Gasteiger partial charge in [0.1, 0.15) is 5.52 Å². The number of H-pyrrole nitrogens is 1. The highest BCUT2D eigenvalue weighted by Crippen LogP contribution is 2.29. The van der Waals surface area contributed by atoms with Crippen molar-refractivity contribution < 1.29 is 13.2 Å². The van der Waals surface area contributed by atoms with Gasteiger partial charge in [0, 0.05) is 36.1 Å². The van der Waals surface area contributed by atoms with Crippen molar-refractivity contribution in [3.8, 4) is 23.0 Å². The number of pyridine rings is 2. The van der Waals surface area contributed by atoms with Crippen LogP contribution in [0.25, 0.3) is 28.1 Å². The Morgan fingerprint density at radius 1 is 1.14 bits per heavy atom. The molecule has 0 saturated carbocycles. The highest BCUT2D eigenvalue weighted by Gasteiger charge is 2.28. The molecule has 4 rings (SSSR count). The summed E-state index contributed by atoms with van der Waals surface area (Å²) in [6.45, 7) is 0. The fourth-order valence-electron chi connectivity index (χ4n) is 3.02. The number of aromatic nitrogens is 6. The van der Waals surface area contributed by atoms with Crippen molar-refractivity contribution in [3.05, 3.63) is 54.9 Å². The van der Waals surface area contributed by atoms with Gasteiger partial charge in [0.15, 0.2) is 11.5 Å². The van der Waals surface area contributed by atoms with Gasteiger partial charge in [-0.25, -0.2) is 19.6 Å². The number of aromatic amines is 1. The molecule has 4 heterocycles. The minimum absolute atomic E-state index is 0.297. The molecule has 0 aromatic carbocycles. The van der Waals surface area contributed by atoms with Crippen molar-refractivity contribution in [3.63, 3.8) is 0 Å². The third kappa shape index (κ3) is 3.94. The number of nitrogens with zero attached hydrogens (tertiary/aromatic N) is 6. The van der Waals surface area contributed by atoms with Gasteiger partial charge in [0.25, 0.3) is 0 Å². The van der Waals surface area contributed by atoms with Gasteiger partial charge in [-0.3, -0.25) is 0 Å². The second-order valence-corrected chi connectivity index (χ2v) is 6.42. The predicted molar refractivity (Wildman–Crippen MR) is 97.9 cm³/mol. The third-order valence-corrected chi connectivity index (χ3v) is 4.49. The number of hydrogen-bond acceptors (Lipinski definition) is 5. The standard InChI is InChI=1S/C19H14F3N7/c20-19(21,22)5-3-12(7-23)13-1-2-16(25-8-13)29-10-14(9-28-29)15-4-6-24-18-17(15)26-11-27-18/h1-2,4,6,8-12H,3,5H2,(H,24,26,27). The molecule has 0 aliphatic carbocycles. The summed E-state index contributed by atoms with van der Waals surface area (Å²) in [6, 6.07) is 6.97. The van der Waals surface area contributed by atoms with E-state index in [1.54, 1.807) is 41.7 Å². The van der Waals surface area contributed by atoms with Gasteiger partial charge in [0.2, 0.25) is 0 Å². The molecular formula is C19H14F3N7. The van der Waals surface area contributed by atoms with Crippen molar-refractivity contribution in [2.45, 2.75) is 24.9 Å². The summed E-state index contributed by atoms with van der Waals surface area (Å²) in [5.74, 6) is -0.379. The minimum Gasteiger partial charge on any atom is -0.329 e. The van der Waals surface area contributed by atoms with E-state index < -0.39 is 18.5 Å². The van der Waals surface area contributed by atoms with Crippen LogP contribution in [-0.2, 0) is 0 Å². The van der Waals surface area contributed by atoms with Gasteiger partial charge in [-0.2, -0.15) is 23.5 Å². The van der Waals surface area contributed by atoms with Crippen molar-refractivity contribution in [2.24, 2.45) is 0 Å². The third-order valence-electron chi connectivity index (χ3n) is 4.49. The van der Waals surface area contributed by atoms with Crippen LogP contribution in [0.15, 0.2) is 49.3 Å². The van der Waals surface area contributed by atoms with E-state index in [4.69, 9.17) is 0 Å². The molecule has 0 aliphatic heterocycles. The molecule has 1 atom stereocenters. The Balaban J connectivity index is 1.56. The summed E-state index contributed by atoms with van der Waals surface area (Å²) < 4.78 is 38.8. The van der Waals surface area contributed by atoms with Crippen LogP contribution in [0, 0.1) is 11.3 Å². The normalized spacial score (nSPS) is 12.8. The molecule has 0 fully saturated rings. The molecular weight excluding hydrogens is 383 g/mol. The fraction of sp³-hybridized carbons (Fsp3) is 0.211. The van der Waals surface area contributed by atoms with Crippen LogP contribution in [0.1, 0.15) is 24.3 Å². The van der Waals surface area contributed by atoms with Gasteiger partial charge < -0.3 is 4.98 Å². The van der Waals surface area contributed by atoms with Crippen LogP contribution in [-0.4, -0.2) is 35.9 Å². The smallest absolute Gasteiger partial charge is 0.329 e. The number of alkyl halides is 3. The Bertz CT molecular complexity index is 1170. The Morgan fingerprint density at radius 3 is 2.72 bits per heavy atom. The molecule has 1 N–H and O–H groups in total. The Hall–Kier alpha value is -3.74. The predicted octanol–water partition coefficient (Wildman–Crippen LogP) is 4.16. The first-order valence-electron chi connectivity index (χ1n) is 8.70. The molecule has 1 unspecified atom stereocenters. The first kappa shape index (κ1) is 18.6. The van der Waals surface area contributed by atoms with Crippen molar-refractivity contribution in [1.29, 1.82) is 5.26 Å². The van der Waals surface area contributed by atoms with Gasteiger partial charge in [0.05, 0.1) is 24.5 Å². The molecule has 146 valence electrons. The summed E-state index contributed by atoms with van der Waals surface area (Å²) in [6.07, 6.45) is 2.49. The van der Waals surface area contributed by atoms with E-state index in [9.17, 15) is 18.4 Å². The van der Waals surface area contributed by atoms with E-state index in [-0.39, 0.29) is 6.42 Å². The lowest BCUT2D eigenvalue weighted by atomic mass is 9.97. The minimum atomic E-state index is -4.29. The van der Waals surface area contributed by atoms with Crippen LogP contribution in [0.4, 0.5) is 13.2 Å². The van der Waals surface area contributed by atoms with E-state index in [0.29, 0.717) is 17.0 Å². The van der Waals surface area contributed by atoms with Crippen molar-refractivity contribution in [1.82, 2.24) is 29.7 Å². The van der Waals surface area contributed by atoms with Crippen molar-refractivity contribution >= 4 is 11.2 Å². The highest BCUT2D eigenvalue weighted by molar-refractivity contribution is 5.88. The van der Waals surface area contributed by atoms with Crippen LogP contribution < -0.4 is 0 Å². The lowest BCUT2D eigenvalue weighted by molar-refractivity contribution is -0.135. The van der Waals surface area contributed by atoms with Crippen LogP contribution in [0.5, 0.6) is 0 Å². The maximum absolute atomic E-state index is 12.4. The Labute approximate surface area is 162 Å². The molecule has 10 heteroatoms. The average Bonchev–Trinajstić information content (AvgIpc) is 3.37. The SMILES string of the molecule is N#CC(CCC(F)(F)F)c1ccc(-n2cc(-c3ccnc4[nH]cnc34)cn2)nc1. The lowest BCUT2D eigenvalue weighted by Gasteiger charge is -2.11. The Morgan fingerprint density at radius 2 is 2.00 bits per heavy atom. The average molecular weight is 397 g/mol. The first-order chi connectivity index (χ1) is 13.9. The number of hydrogen-bond donors (Lipinski definition) is 1. The van der Waals surface area contributed by atoms with E-state index >= 15 is 0 Å². The maximum Gasteiger partial charge on any atom is 0.389 e. The molecule has 0 radical (unpaired) electrons. The van der Waals surface area contributed by atoms with E-state index in [0.717, 1.165) is 16.6 Å². The fourth-order valence-corrected chi connectivity index (χ4v) is 3.02. The van der Waals surface area contributed by atoms with Gasteiger partial charge in [-0.15, -0.1) is 0 Å². The maximum atomic E-state index is 12.4. The van der Waals surface area contributed by atoms with Crippen LogP contribution in [0.3, 0.4) is 0 Å². The molecule has 0 amide bonds. The largest absolute Gasteiger partial charge is 0.389 e. The number of halogens is 3. The van der Waals surface area contributed by atoms with E-state index in [2.05, 4.69) is 25.0 Å². The van der Waals surface area contributed by atoms with Gasteiger partial charge in [-0.05, 0) is 24.1 Å². The molecule has 4 aromatic rings. The van der Waals surface area contributed by atoms with Crippen LogP contribution in [0.2, 0.25) is 0 Å². The number of imidazole rings is 1. The zero-order valence-corrected chi connectivity index (χ0v) is 14.9. The van der Waals surface area contributed by atoms with Crippen LogP contribution >= 0.6 is 0 Å². The second kappa shape index (κ2) is 7.35. The number of rotatable bonds is 5. The highest BCUT2D eigenvalue weighted by atomic mass is 19.4. The van der Waals surface area contributed by atoms with Crippen molar-refractivity contribution in [2.75, 3.05) is 0 Å². The number of nitrogens with one attached hydrogen (secondary N) is 1. The summed E-state index contributed by atoms with van der Waals surface area (Å²) in [4.78, 5) is 15.7. The molecule has 0 aliphatic rings. The molecule has 0 saturated heterocycles. The molecule has 29 heavy (non-hydrogen) atoms. The van der Waals surface area contributed by atoms with Gasteiger partial charge >= 0.3 is 6.18 Å². The first-order valence-corrected chi connectivity index (χ1v) is 8.70. The molecule has 0 bridgehead atoms. The number of nitriles is 1. The monoisotopic (exact) mass is 397 g/mol. The summed E-state index contributed by atoms with van der Waals surface area (Å²) >= 11 is 0. The zero-order valence-electron chi connectivity index (χ0n) is 14.9. The second-order valence-electron chi connectivity index (χ2n) is 6.42. The zero-order chi connectivity index (χ0) is 20.4. The number of fused-ring (bicyclic) bond motifs is 1. The quantitative estimate of drug-likeness (QED) is 0.546. The lowest BCUT2D eigenvalue weighted by Crippen LogP contribution is -2.10. The summed E-state index contributed by atoms with van der Waals surface area (Å²) in [7, 11) is 0. The van der Waals surface area contributed by atoms with Gasteiger partial charge in [-0.1, -0.05) is 6.07 Å².